The van der Waals surface area contributed by atoms with E-state index in [9.17, 15) is 4.79 Å². The maximum Gasteiger partial charge on any atom is 0.328 e. The molecule has 3 heteroatoms. The third kappa shape index (κ3) is 2.04. The van der Waals surface area contributed by atoms with Crippen LogP contribution in [0, 0.1) is 12.5 Å². The third-order valence-corrected chi connectivity index (χ3v) is 0.931. The zero-order valence-electron chi connectivity index (χ0n) is 5.64. The molecule has 0 rings (SSSR count). The van der Waals surface area contributed by atoms with Crippen molar-refractivity contribution in [3.8, 4) is 12.5 Å². The van der Waals surface area contributed by atoms with Gasteiger partial charge < -0.3 is 5.32 Å². The Morgan fingerprint density at radius 1 is 1.89 bits per heavy atom. The van der Waals surface area contributed by atoms with Crippen LogP contribution in [0.5, 0.6) is 0 Å². The summed E-state index contributed by atoms with van der Waals surface area (Å²) in [5.41, 5.74) is 0. The second-order valence-corrected chi connectivity index (χ2v) is 1.43. The number of hydrogen-bond donors (Lipinski definition) is 1. The van der Waals surface area contributed by atoms with Crippen LogP contribution in [0.15, 0.2) is 0 Å². The molecule has 0 bridgehead atoms. The first-order valence-electron chi connectivity index (χ1n) is 2.71. The minimum absolute atomic E-state index is 0.236. The molecule has 0 unspecified atom stereocenters. The molecule has 9 heavy (non-hydrogen) atoms. The second-order valence-electron chi connectivity index (χ2n) is 1.43. The summed E-state index contributed by atoms with van der Waals surface area (Å²) in [6, 6.07) is 1.99. The van der Waals surface area contributed by atoms with Crippen molar-refractivity contribution < 1.29 is 4.79 Å². The minimum atomic E-state index is -0.236. The van der Waals surface area contributed by atoms with E-state index in [4.69, 9.17) is 6.42 Å². The van der Waals surface area contributed by atoms with Crippen molar-refractivity contribution >= 4 is 6.03 Å². The van der Waals surface area contributed by atoms with Gasteiger partial charge in [-0.25, -0.2) is 4.79 Å². The maximum atomic E-state index is 10.6. The van der Waals surface area contributed by atoms with Crippen LogP contribution in [0.3, 0.4) is 0 Å². The molecule has 50 valence electrons. The summed E-state index contributed by atoms with van der Waals surface area (Å²) in [7, 11) is 1.54. The van der Waals surface area contributed by atoms with Gasteiger partial charge >= 0.3 is 6.03 Å². The summed E-state index contributed by atoms with van der Waals surface area (Å²) in [5.74, 6) is 0. The van der Waals surface area contributed by atoms with Gasteiger partial charge in [-0.2, -0.15) is 0 Å². The smallest absolute Gasteiger partial charge is 0.328 e. The quantitative estimate of drug-likeness (QED) is 0.396. The van der Waals surface area contributed by atoms with Gasteiger partial charge in [0.25, 0.3) is 0 Å². The monoisotopic (exact) mass is 126 g/mol. The number of amides is 2. The van der Waals surface area contributed by atoms with Gasteiger partial charge in [-0.3, -0.25) is 4.90 Å². The van der Waals surface area contributed by atoms with E-state index in [0.29, 0.717) is 6.54 Å². The standard InChI is InChI=1S/C6H10N2O/c1-4-8(5-2)6(9)7-3/h1H,5H2,2-3H3,(H,7,9). The molecule has 0 aliphatic rings. The molecule has 0 spiro atoms. The van der Waals surface area contributed by atoms with Crippen LogP contribution in [0.1, 0.15) is 6.92 Å². The van der Waals surface area contributed by atoms with Crippen LogP contribution >= 0.6 is 0 Å². The molecule has 0 aromatic heterocycles. The van der Waals surface area contributed by atoms with Crippen LogP contribution in [0.4, 0.5) is 4.79 Å². The summed E-state index contributed by atoms with van der Waals surface area (Å²) >= 11 is 0. The number of nitrogens with one attached hydrogen (secondary N) is 1. The first-order valence-corrected chi connectivity index (χ1v) is 2.71. The van der Waals surface area contributed by atoms with Crippen molar-refractivity contribution in [3.05, 3.63) is 0 Å². The van der Waals surface area contributed by atoms with Gasteiger partial charge in [-0.05, 0) is 6.92 Å². The first kappa shape index (κ1) is 7.83. The van der Waals surface area contributed by atoms with Gasteiger partial charge in [0.15, 0.2) is 0 Å². The highest BCUT2D eigenvalue weighted by Gasteiger charge is 2.02. The number of urea groups is 1. The van der Waals surface area contributed by atoms with Crippen LogP contribution in [0.2, 0.25) is 0 Å². The third-order valence-electron chi connectivity index (χ3n) is 0.931. The van der Waals surface area contributed by atoms with Gasteiger partial charge in [0.2, 0.25) is 0 Å². The Balaban J connectivity index is 3.84. The Kier molecular flexibility index (Phi) is 3.29. The molecule has 0 atom stereocenters. The molecule has 0 aliphatic carbocycles. The highest BCUT2D eigenvalue weighted by Crippen LogP contribution is 1.82. The Hall–Kier alpha value is -1.17. The molecule has 0 aromatic rings. The second kappa shape index (κ2) is 3.79. The fourth-order valence-corrected chi connectivity index (χ4v) is 0.428. The van der Waals surface area contributed by atoms with Crippen molar-refractivity contribution in [1.82, 2.24) is 10.2 Å². The molecular formula is C6H10N2O. The van der Waals surface area contributed by atoms with Gasteiger partial charge in [0.05, 0.1) is 0 Å². The predicted octanol–water partition coefficient (Wildman–Crippen LogP) is 0.238. The summed E-state index contributed by atoms with van der Waals surface area (Å²) in [6.07, 6.45) is 4.97. The number of nitrogens with zero attached hydrogens (tertiary/aromatic N) is 1. The average molecular weight is 126 g/mol. The molecule has 0 heterocycles. The zero-order chi connectivity index (χ0) is 7.28. The van der Waals surface area contributed by atoms with Crippen molar-refractivity contribution in [3.63, 3.8) is 0 Å². The van der Waals surface area contributed by atoms with Crippen LogP contribution in [0.25, 0.3) is 0 Å². The van der Waals surface area contributed by atoms with E-state index in [1.807, 2.05) is 6.92 Å². The number of rotatable bonds is 1. The van der Waals surface area contributed by atoms with E-state index in [1.165, 1.54) is 4.90 Å². The predicted molar refractivity (Wildman–Crippen MR) is 35.7 cm³/mol. The van der Waals surface area contributed by atoms with Crippen LogP contribution in [-0.4, -0.2) is 24.5 Å². The summed E-state index contributed by atoms with van der Waals surface area (Å²) < 4.78 is 0. The van der Waals surface area contributed by atoms with Gasteiger partial charge in [0.1, 0.15) is 0 Å². The van der Waals surface area contributed by atoms with E-state index < -0.39 is 0 Å². The van der Waals surface area contributed by atoms with E-state index in [1.54, 1.807) is 7.05 Å². The molecule has 0 radical (unpaired) electrons. The Bertz CT molecular complexity index is 136. The number of carbonyl (C=O) groups excluding carboxylic acids is 1. The van der Waals surface area contributed by atoms with Crippen LogP contribution < -0.4 is 5.32 Å². The molecule has 0 aromatic carbocycles. The van der Waals surface area contributed by atoms with Gasteiger partial charge in [0, 0.05) is 19.6 Å². The van der Waals surface area contributed by atoms with Crippen LogP contribution in [-0.2, 0) is 0 Å². The molecule has 3 nitrogen and oxygen atoms in total. The van der Waals surface area contributed by atoms with Crippen molar-refractivity contribution in [2.45, 2.75) is 6.92 Å². The van der Waals surface area contributed by atoms with Crippen molar-refractivity contribution in [1.29, 1.82) is 0 Å². The zero-order valence-corrected chi connectivity index (χ0v) is 5.64. The lowest BCUT2D eigenvalue weighted by molar-refractivity contribution is 0.222. The lowest BCUT2D eigenvalue weighted by Crippen LogP contribution is -2.34. The molecular weight excluding hydrogens is 116 g/mol. The largest absolute Gasteiger partial charge is 0.340 e. The number of terminal acetylenes is 1. The summed E-state index contributed by atoms with van der Waals surface area (Å²) in [5, 5.41) is 2.41. The van der Waals surface area contributed by atoms with Crippen molar-refractivity contribution in [2.75, 3.05) is 13.6 Å². The lowest BCUT2D eigenvalue weighted by atomic mass is 10.6. The average Bonchev–Trinajstić information content (AvgIpc) is 1.90. The van der Waals surface area contributed by atoms with Gasteiger partial charge in [-0.1, -0.05) is 6.42 Å². The molecule has 0 fully saturated rings. The molecule has 1 N–H and O–H groups in total. The van der Waals surface area contributed by atoms with Gasteiger partial charge in [-0.15, -0.1) is 0 Å². The fourth-order valence-electron chi connectivity index (χ4n) is 0.428. The van der Waals surface area contributed by atoms with E-state index in [0.717, 1.165) is 0 Å². The maximum absolute atomic E-state index is 10.6. The normalized spacial score (nSPS) is 7.67. The lowest BCUT2D eigenvalue weighted by Gasteiger charge is -2.10. The summed E-state index contributed by atoms with van der Waals surface area (Å²) in [4.78, 5) is 11.9. The Morgan fingerprint density at radius 3 is 2.56 bits per heavy atom. The summed E-state index contributed by atoms with van der Waals surface area (Å²) in [6.45, 7) is 2.35. The van der Waals surface area contributed by atoms with Crippen molar-refractivity contribution in [2.24, 2.45) is 0 Å². The molecule has 0 saturated heterocycles. The highest BCUT2D eigenvalue weighted by atomic mass is 16.2. The minimum Gasteiger partial charge on any atom is -0.340 e. The fraction of sp³-hybridized carbons (Fsp3) is 0.500. The van der Waals surface area contributed by atoms with E-state index in [-0.39, 0.29) is 6.03 Å². The van der Waals surface area contributed by atoms with E-state index >= 15 is 0 Å². The Labute approximate surface area is 55.0 Å². The molecule has 2 amide bonds. The number of hydrogen-bond acceptors (Lipinski definition) is 1. The first-order chi connectivity index (χ1) is 4.26. The SMILES string of the molecule is C#CN(CC)C(=O)NC. The highest BCUT2D eigenvalue weighted by molar-refractivity contribution is 5.75. The molecule has 0 aliphatic heterocycles. The number of carbonyl (C=O) groups is 1. The molecule has 0 saturated carbocycles. The van der Waals surface area contributed by atoms with E-state index in [2.05, 4.69) is 11.4 Å². The topological polar surface area (TPSA) is 32.3 Å². The Morgan fingerprint density at radius 2 is 2.44 bits per heavy atom.